The number of carboxylic acids is 1. The van der Waals surface area contributed by atoms with E-state index in [-0.39, 0.29) is 34.5 Å². The number of rotatable bonds is 12. The first kappa shape index (κ1) is 33.6. The van der Waals surface area contributed by atoms with Crippen molar-refractivity contribution in [2.24, 2.45) is 0 Å². The fourth-order valence-electron chi connectivity index (χ4n) is 5.16. The predicted molar refractivity (Wildman–Crippen MR) is 182 cm³/mol. The van der Waals surface area contributed by atoms with Crippen molar-refractivity contribution in [3.8, 4) is 28.4 Å². The number of hydrogen-bond donors (Lipinski definition) is 4. The summed E-state index contributed by atoms with van der Waals surface area (Å²) < 4.78 is 39.8. The summed E-state index contributed by atoms with van der Waals surface area (Å²) in [5.41, 5.74) is 5.58. The standard InChI is InChI=1S/C37H34N2O8S/c1-23-15-26(18-30(16-23)39-48(44,45)32-12-14-35(46-3)33(20-32)37(42)43)22-47-34-13-7-25(17-24(34)2)21-38-36(41)29-6-4-5-28(19-29)27-8-10-31(40)11-9-27/h4-20,39-40H,21-22H2,1-3H3,(H,38,41)(H,42,43). The molecule has 0 aromatic heterocycles. The molecule has 0 atom stereocenters. The Morgan fingerprint density at radius 3 is 2.25 bits per heavy atom. The topological polar surface area (TPSA) is 151 Å². The molecule has 246 valence electrons. The molecule has 0 heterocycles. The van der Waals surface area contributed by atoms with Gasteiger partial charge in [0.15, 0.2) is 0 Å². The van der Waals surface area contributed by atoms with E-state index in [2.05, 4.69) is 10.0 Å². The summed E-state index contributed by atoms with van der Waals surface area (Å²) in [7, 11) is -2.79. The van der Waals surface area contributed by atoms with Crippen molar-refractivity contribution in [3.63, 3.8) is 0 Å². The third-order valence-corrected chi connectivity index (χ3v) is 8.89. The monoisotopic (exact) mass is 666 g/mol. The van der Waals surface area contributed by atoms with Crippen molar-refractivity contribution in [1.82, 2.24) is 5.32 Å². The van der Waals surface area contributed by atoms with E-state index in [9.17, 15) is 28.2 Å². The lowest BCUT2D eigenvalue weighted by Crippen LogP contribution is -2.22. The zero-order valence-corrected chi connectivity index (χ0v) is 27.3. The summed E-state index contributed by atoms with van der Waals surface area (Å²) in [6, 6.07) is 28.5. The van der Waals surface area contributed by atoms with E-state index in [1.807, 2.05) is 50.2 Å². The molecule has 0 aliphatic heterocycles. The third-order valence-electron chi connectivity index (χ3n) is 7.51. The summed E-state index contributed by atoms with van der Waals surface area (Å²) in [5.74, 6) is -0.655. The van der Waals surface area contributed by atoms with E-state index >= 15 is 0 Å². The molecule has 5 rings (SSSR count). The molecule has 0 bridgehead atoms. The molecule has 0 unspecified atom stereocenters. The lowest BCUT2D eigenvalue weighted by molar-refractivity contribution is 0.0692. The summed E-state index contributed by atoms with van der Waals surface area (Å²) in [6.07, 6.45) is 0. The molecule has 0 aliphatic carbocycles. The highest BCUT2D eigenvalue weighted by Crippen LogP contribution is 2.27. The Balaban J connectivity index is 1.21. The second kappa shape index (κ2) is 14.3. The number of carboxylic acid groups (broad SMARTS) is 1. The van der Waals surface area contributed by atoms with Crippen LogP contribution in [-0.2, 0) is 23.2 Å². The molecule has 48 heavy (non-hydrogen) atoms. The zero-order chi connectivity index (χ0) is 34.4. The number of ether oxygens (including phenoxy) is 2. The Morgan fingerprint density at radius 2 is 1.54 bits per heavy atom. The number of carbonyl (C=O) groups is 2. The number of phenolic OH excluding ortho intramolecular Hbond substituents is 1. The van der Waals surface area contributed by atoms with Crippen molar-refractivity contribution in [3.05, 3.63) is 137 Å². The smallest absolute Gasteiger partial charge is 0.339 e. The average molecular weight is 667 g/mol. The van der Waals surface area contributed by atoms with Crippen molar-refractivity contribution in [2.75, 3.05) is 11.8 Å². The highest BCUT2D eigenvalue weighted by atomic mass is 32.2. The lowest BCUT2D eigenvalue weighted by atomic mass is 10.0. The molecule has 5 aromatic carbocycles. The number of benzene rings is 5. The van der Waals surface area contributed by atoms with E-state index in [1.54, 1.807) is 48.5 Å². The molecule has 0 saturated carbocycles. The van der Waals surface area contributed by atoms with Crippen LogP contribution in [0.2, 0.25) is 0 Å². The normalized spacial score (nSPS) is 11.1. The molecule has 0 radical (unpaired) electrons. The van der Waals surface area contributed by atoms with Gasteiger partial charge in [0.1, 0.15) is 29.4 Å². The van der Waals surface area contributed by atoms with Crippen molar-refractivity contribution < 1.29 is 37.7 Å². The number of phenols is 1. The molecule has 0 fully saturated rings. The number of amides is 1. The number of aryl methyl sites for hydroxylation is 2. The van der Waals surface area contributed by atoms with Crippen LogP contribution in [-0.4, -0.2) is 37.6 Å². The maximum atomic E-state index is 13.1. The highest BCUT2D eigenvalue weighted by molar-refractivity contribution is 7.92. The average Bonchev–Trinajstić information content (AvgIpc) is 3.06. The van der Waals surface area contributed by atoms with Crippen LogP contribution in [0.25, 0.3) is 11.1 Å². The number of aromatic carboxylic acids is 1. The lowest BCUT2D eigenvalue weighted by Gasteiger charge is -2.14. The summed E-state index contributed by atoms with van der Waals surface area (Å²) in [6.45, 7) is 4.20. The summed E-state index contributed by atoms with van der Waals surface area (Å²) >= 11 is 0. The molecule has 5 aromatic rings. The Morgan fingerprint density at radius 1 is 0.792 bits per heavy atom. The molecule has 1 amide bonds. The fourth-order valence-corrected chi connectivity index (χ4v) is 6.23. The van der Waals surface area contributed by atoms with Gasteiger partial charge >= 0.3 is 5.97 Å². The number of anilines is 1. The minimum absolute atomic E-state index is 0.0537. The van der Waals surface area contributed by atoms with E-state index < -0.39 is 16.0 Å². The number of aromatic hydroxyl groups is 1. The molecule has 10 nitrogen and oxygen atoms in total. The van der Waals surface area contributed by atoms with E-state index in [0.29, 0.717) is 23.5 Å². The van der Waals surface area contributed by atoms with Crippen LogP contribution < -0.4 is 19.5 Å². The zero-order valence-electron chi connectivity index (χ0n) is 26.5. The third kappa shape index (κ3) is 8.12. The highest BCUT2D eigenvalue weighted by Gasteiger charge is 2.20. The van der Waals surface area contributed by atoms with Gasteiger partial charge in [-0.05, 0) is 108 Å². The molecule has 11 heteroatoms. The van der Waals surface area contributed by atoms with Gasteiger partial charge in [-0.1, -0.05) is 42.5 Å². The number of sulfonamides is 1. The van der Waals surface area contributed by atoms with Crippen LogP contribution in [0.3, 0.4) is 0 Å². The van der Waals surface area contributed by atoms with E-state index in [0.717, 1.165) is 39.4 Å². The first-order valence-corrected chi connectivity index (χ1v) is 16.3. The minimum Gasteiger partial charge on any atom is -0.508 e. The first-order chi connectivity index (χ1) is 22.9. The Bertz CT molecular complexity index is 2090. The Hall–Kier alpha value is -5.81. The minimum atomic E-state index is -4.10. The summed E-state index contributed by atoms with van der Waals surface area (Å²) in [5, 5.41) is 22.0. The van der Waals surface area contributed by atoms with E-state index in [4.69, 9.17) is 9.47 Å². The largest absolute Gasteiger partial charge is 0.508 e. The molecular formula is C37H34N2O8S. The SMILES string of the molecule is COc1ccc(S(=O)(=O)Nc2cc(C)cc(COc3ccc(CNC(=O)c4cccc(-c5ccc(O)cc5)c4)cc3C)c2)cc1C(=O)O. The van der Waals surface area contributed by atoms with E-state index in [1.165, 1.54) is 19.2 Å². The van der Waals surface area contributed by atoms with Gasteiger partial charge in [-0.2, -0.15) is 0 Å². The van der Waals surface area contributed by atoms with Gasteiger partial charge in [0.2, 0.25) is 0 Å². The number of hydrogen-bond acceptors (Lipinski definition) is 7. The van der Waals surface area contributed by atoms with Gasteiger partial charge < -0.3 is 25.0 Å². The molecule has 0 saturated heterocycles. The van der Waals surface area contributed by atoms with Crippen molar-refractivity contribution >= 4 is 27.6 Å². The van der Waals surface area contributed by atoms with Gasteiger partial charge in [-0.15, -0.1) is 0 Å². The summed E-state index contributed by atoms with van der Waals surface area (Å²) in [4.78, 5) is 24.3. The number of methoxy groups -OCH3 is 1. The van der Waals surface area contributed by atoms with Crippen LogP contribution in [0.5, 0.6) is 17.2 Å². The molecule has 4 N–H and O–H groups in total. The molecular weight excluding hydrogens is 632 g/mol. The molecule has 0 spiro atoms. The van der Waals surface area contributed by atoms with Crippen LogP contribution in [0.15, 0.2) is 108 Å². The van der Waals surface area contributed by atoms with Crippen LogP contribution in [0, 0.1) is 13.8 Å². The first-order valence-electron chi connectivity index (χ1n) is 14.9. The van der Waals surface area contributed by atoms with Gasteiger partial charge in [-0.3, -0.25) is 9.52 Å². The molecule has 0 aliphatic rings. The fraction of sp³-hybridized carbons (Fsp3) is 0.135. The van der Waals surface area contributed by atoms with Gasteiger partial charge in [0, 0.05) is 17.8 Å². The second-order valence-electron chi connectivity index (χ2n) is 11.2. The Labute approximate surface area is 278 Å². The maximum Gasteiger partial charge on any atom is 0.339 e. The van der Waals surface area contributed by atoms with Crippen molar-refractivity contribution in [2.45, 2.75) is 31.9 Å². The van der Waals surface area contributed by atoms with Gasteiger partial charge in [-0.25, -0.2) is 13.2 Å². The number of carbonyl (C=O) groups excluding carboxylic acids is 1. The quantitative estimate of drug-likeness (QED) is 0.115. The number of nitrogens with one attached hydrogen (secondary N) is 2. The van der Waals surface area contributed by atoms with Crippen LogP contribution in [0.4, 0.5) is 5.69 Å². The second-order valence-corrected chi connectivity index (χ2v) is 12.9. The van der Waals surface area contributed by atoms with Gasteiger partial charge in [0.05, 0.1) is 12.0 Å². The van der Waals surface area contributed by atoms with Crippen LogP contribution >= 0.6 is 0 Å². The predicted octanol–water partition coefficient (Wildman–Crippen LogP) is 6.69. The maximum absolute atomic E-state index is 13.1. The van der Waals surface area contributed by atoms with Crippen molar-refractivity contribution in [1.29, 1.82) is 0 Å². The van der Waals surface area contributed by atoms with Gasteiger partial charge in [0.25, 0.3) is 15.9 Å². The Kier molecular flexibility index (Phi) is 10.0. The van der Waals surface area contributed by atoms with Crippen LogP contribution in [0.1, 0.15) is 43.0 Å².